The van der Waals surface area contributed by atoms with Crippen molar-refractivity contribution in [3.8, 4) is 5.75 Å². The maximum atomic E-state index is 6.07. The lowest BCUT2D eigenvalue weighted by atomic mass is 10.2. The fourth-order valence-corrected chi connectivity index (χ4v) is 3.63. The molecule has 158 valence electrons. The van der Waals surface area contributed by atoms with Crippen LogP contribution in [0.3, 0.4) is 0 Å². The molecule has 1 aromatic rings. The van der Waals surface area contributed by atoms with E-state index in [1.807, 2.05) is 12.1 Å². The normalized spacial score (nSPS) is 18.5. The van der Waals surface area contributed by atoms with Crippen molar-refractivity contribution in [1.29, 1.82) is 0 Å². The molecule has 2 fully saturated rings. The third kappa shape index (κ3) is 7.75. The number of guanidine groups is 1. The van der Waals surface area contributed by atoms with E-state index in [1.165, 1.54) is 25.7 Å². The zero-order chi connectivity index (χ0) is 18.7. The number of nitrogens with one attached hydrogen (secondary N) is 2. The minimum absolute atomic E-state index is 0. The van der Waals surface area contributed by atoms with Gasteiger partial charge in [0.2, 0.25) is 0 Å². The molecular weight excluding hydrogens is 467 g/mol. The lowest BCUT2D eigenvalue weighted by Gasteiger charge is -2.26. The molecule has 0 amide bonds. The Labute approximate surface area is 186 Å². The van der Waals surface area contributed by atoms with E-state index in [4.69, 9.17) is 14.5 Å². The molecule has 3 rings (SSSR count). The molecule has 6 nitrogen and oxygen atoms in total. The first-order chi connectivity index (χ1) is 13.3. The van der Waals surface area contributed by atoms with Crippen LogP contribution in [0.5, 0.6) is 5.75 Å². The van der Waals surface area contributed by atoms with Crippen LogP contribution >= 0.6 is 24.0 Å². The van der Waals surface area contributed by atoms with Gasteiger partial charge in [0.05, 0.1) is 19.8 Å². The molecule has 1 saturated heterocycles. The second-order valence-corrected chi connectivity index (χ2v) is 7.23. The van der Waals surface area contributed by atoms with Gasteiger partial charge >= 0.3 is 0 Å². The molecule has 0 aromatic heterocycles. The van der Waals surface area contributed by atoms with Gasteiger partial charge in [-0.1, -0.05) is 31.0 Å². The van der Waals surface area contributed by atoms with Crippen LogP contribution in [0.1, 0.15) is 38.2 Å². The smallest absolute Gasteiger partial charge is 0.191 e. The molecule has 1 aliphatic heterocycles. The standard InChI is InChI=1S/C21H34N4O2.HI/c1-2-22-21(24-19-8-4-5-9-19)23-17-18-7-3-6-10-20(18)27-16-13-25-11-14-26-15-12-25;/h3,6-7,10,19H,2,4-5,8-9,11-17H2,1H3,(H2,22,23,24);1H. The number of hydrogen-bond acceptors (Lipinski definition) is 4. The number of morpholine rings is 1. The van der Waals surface area contributed by atoms with Crippen LogP contribution in [0.25, 0.3) is 0 Å². The van der Waals surface area contributed by atoms with E-state index in [9.17, 15) is 0 Å². The minimum atomic E-state index is 0. The van der Waals surface area contributed by atoms with E-state index in [0.717, 1.165) is 56.7 Å². The highest BCUT2D eigenvalue weighted by atomic mass is 127. The van der Waals surface area contributed by atoms with Crippen LogP contribution in [-0.2, 0) is 11.3 Å². The Morgan fingerprint density at radius 2 is 1.96 bits per heavy atom. The zero-order valence-corrected chi connectivity index (χ0v) is 19.3. The summed E-state index contributed by atoms with van der Waals surface area (Å²) < 4.78 is 11.5. The largest absolute Gasteiger partial charge is 0.492 e. The molecule has 28 heavy (non-hydrogen) atoms. The maximum Gasteiger partial charge on any atom is 0.191 e. The van der Waals surface area contributed by atoms with Gasteiger partial charge in [-0.25, -0.2) is 4.99 Å². The molecule has 7 heteroatoms. The van der Waals surface area contributed by atoms with E-state index in [1.54, 1.807) is 0 Å². The predicted molar refractivity (Wildman–Crippen MR) is 125 cm³/mol. The monoisotopic (exact) mass is 502 g/mol. The van der Waals surface area contributed by atoms with Gasteiger partial charge in [-0.2, -0.15) is 0 Å². The van der Waals surface area contributed by atoms with Crippen molar-refractivity contribution in [2.24, 2.45) is 4.99 Å². The first-order valence-electron chi connectivity index (χ1n) is 10.4. The highest BCUT2D eigenvalue weighted by molar-refractivity contribution is 14.0. The summed E-state index contributed by atoms with van der Waals surface area (Å²) in [7, 11) is 0. The molecule has 1 heterocycles. The van der Waals surface area contributed by atoms with Gasteiger partial charge in [0.15, 0.2) is 5.96 Å². The number of rotatable bonds is 8. The van der Waals surface area contributed by atoms with E-state index >= 15 is 0 Å². The van der Waals surface area contributed by atoms with Crippen molar-refractivity contribution in [2.75, 3.05) is 46.0 Å². The van der Waals surface area contributed by atoms with Gasteiger partial charge in [0, 0.05) is 37.8 Å². The molecule has 0 spiro atoms. The lowest BCUT2D eigenvalue weighted by molar-refractivity contribution is 0.0322. The molecule has 2 aliphatic rings. The average Bonchev–Trinajstić information content (AvgIpc) is 3.21. The third-order valence-corrected chi connectivity index (χ3v) is 5.19. The van der Waals surface area contributed by atoms with E-state index in [2.05, 4.69) is 34.6 Å². The van der Waals surface area contributed by atoms with Crippen LogP contribution in [-0.4, -0.2) is 62.9 Å². The van der Waals surface area contributed by atoms with Gasteiger partial charge in [-0.3, -0.25) is 4.90 Å². The Kier molecular flexibility index (Phi) is 11.0. The number of halogens is 1. The molecule has 1 saturated carbocycles. The number of aliphatic imine (C=N–C) groups is 1. The number of para-hydroxylation sites is 1. The molecule has 0 bridgehead atoms. The highest BCUT2D eigenvalue weighted by Gasteiger charge is 2.16. The summed E-state index contributed by atoms with van der Waals surface area (Å²) in [5.74, 6) is 1.85. The van der Waals surface area contributed by atoms with Gasteiger partial charge in [-0.05, 0) is 25.8 Å². The number of nitrogens with zero attached hydrogens (tertiary/aromatic N) is 2. The Bertz CT molecular complexity index is 588. The summed E-state index contributed by atoms with van der Waals surface area (Å²) in [5, 5.41) is 6.94. The van der Waals surface area contributed by atoms with Crippen LogP contribution in [0.2, 0.25) is 0 Å². The Hall–Kier alpha value is -1.06. The van der Waals surface area contributed by atoms with Crippen LogP contribution in [0.15, 0.2) is 29.3 Å². The molecular formula is C21H35IN4O2. The van der Waals surface area contributed by atoms with Crippen molar-refractivity contribution < 1.29 is 9.47 Å². The minimum Gasteiger partial charge on any atom is -0.492 e. The van der Waals surface area contributed by atoms with E-state index < -0.39 is 0 Å². The molecule has 0 atom stereocenters. The van der Waals surface area contributed by atoms with Crippen molar-refractivity contribution in [3.63, 3.8) is 0 Å². The lowest BCUT2D eigenvalue weighted by Crippen LogP contribution is -2.42. The summed E-state index contributed by atoms with van der Waals surface area (Å²) in [5.41, 5.74) is 1.13. The Morgan fingerprint density at radius 1 is 1.21 bits per heavy atom. The van der Waals surface area contributed by atoms with Crippen LogP contribution < -0.4 is 15.4 Å². The summed E-state index contributed by atoms with van der Waals surface area (Å²) >= 11 is 0. The summed E-state index contributed by atoms with van der Waals surface area (Å²) in [6, 6.07) is 8.78. The van der Waals surface area contributed by atoms with Crippen molar-refractivity contribution >= 4 is 29.9 Å². The summed E-state index contributed by atoms with van der Waals surface area (Å²) in [6.45, 7) is 8.87. The van der Waals surface area contributed by atoms with Crippen LogP contribution in [0.4, 0.5) is 0 Å². The average molecular weight is 502 g/mol. The Morgan fingerprint density at radius 3 is 2.71 bits per heavy atom. The SMILES string of the molecule is CCNC(=NCc1ccccc1OCCN1CCOCC1)NC1CCCC1.I. The summed E-state index contributed by atoms with van der Waals surface area (Å²) in [4.78, 5) is 7.18. The van der Waals surface area contributed by atoms with Crippen molar-refractivity contribution in [3.05, 3.63) is 29.8 Å². The third-order valence-electron chi connectivity index (χ3n) is 5.19. The Balaban J connectivity index is 0.00000280. The van der Waals surface area contributed by atoms with Gasteiger partial charge < -0.3 is 20.1 Å². The van der Waals surface area contributed by atoms with Gasteiger partial charge in [-0.15, -0.1) is 24.0 Å². The first-order valence-corrected chi connectivity index (χ1v) is 10.4. The van der Waals surface area contributed by atoms with E-state index in [0.29, 0.717) is 19.2 Å². The number of benzene rings is 1. The number of hydrogen-bond donors (Lipinski definition) is 2. The van der Waals surface area contributed by atoms with Crippen molar-refractivity contribution in [1.82, 2.24) is 15.5 Å². The highest BCUT2D eigenvalue weighted by Crippen LogP contribution is 2.20. The molecule has 2 N–H and O–H groups in total. The van der Waals surface area contributed by atoms with Crippen molar-refractivity contribution in [2.45, 2.75) is 45.2 Å². The first kappa shape index (κ1) is 23.2. The quantitative estimate of drug-likeness (QED) is 0.325. The van der Waals surface area contributed by atoms with Crippen LogP contribution in [0, 0.1) is 0 Å². The fraction of sp³-hybridized carbons (Fsp3) is 0.667. The topological polar surface area (TPSA) is 58.1 Å². The van der Waals surface area contributed by atoms with Gasteiger partial charge in [0.25, 0.3) is 0 Å². The predicted octanol–water partition coefficient (Wildman–Crippen LogP) is 3.01. The molecule has 0 unspecified atom stereocenters. The second-order valence-electron chi connectivity index (χ2n) is 7.23. The molecule has 1 aliphatic carbocycles. The van der Waals surface area contributed by atoms with E-state index in [-0.39, 0.29) is 24.0 Å². The van der Waals surface area contributed by atoms with Gasteiger partial charge in [0.1, 0.15) is 12.4 Å². The number of ether oxygens (including phenoxy) is 2. The summed E-state index contributed by atoms with van der Waals surface area (Å²) in [6.07, 6.45) is 5.12. The fourth-order valence-electron chi connectivity index (χ4n) is 3.63. The maximum absolute atomic E-state index is 6.07. The molecule has 1 aromatic carbocycles. The second kappa shape index (κ2) is 13.2. The zero-order valence-electron chi connectivity index (χ0n) is 17.0. The molecule has 0 radical (unpaired) electrons.